The molecule has 0 amide bonds. The molecule has 0 aromatic carbocycles. The fraction of sp³-hybridized carbons (Fsp3) is 0.412. The van der Waals surface area contributed by atoms with E-state index >= 15 is 0 Å². The van der Waals surface area contributed by atoms with E-state index in [4.69, 9.17) is 0 Å². The maximum atomic E-state index is 12.7. The standard InChI is InChI=1S/C17H19N5OS/c1-10-7-8-12-14(23)13(9-18-15(12)19-10)16-21-22-17(24-16)20-11-5-3-2-4-6-11/h7-9,11H,2-6H2,1H3,(H,20,22)(H,18,19,23). The van der Waals surface area contributed by atoms with E-state index in [0.29, 0.717) is 27.6 Å². The number of fused-ring (bicyclic) bond motifs is 1. The highest BCUT2D eigenvalue weighted by Gasteiger charge is 2.17. The summed E-state index contributed by atoms with van der Waals surface area (Å²) in [5.74, 6) is 0. The van der Waals surface area contributed by atoms with Crippen LogP contribution in [-0.4, -0.2) is 26.2 Å². The molecule has 2 N–H and O–H groups in total. The Hall–Kier alpha value is -2.28. The molecule has 0 radical (unpaired) electrons. The molecule has 0 unspecified atom stereocenters. The first kappa shape index (κ1) is 15.3. The number of rotatable bonds is 3. The predicted octanol–water partition coefficient (Wildman–Crippen LogP) is 3.49. The molecule has 24 heavy (non-hydrogen) atoms. The highest BCUT2D eigenvalue weighted by Crippen LogP contribution is 2.27. The van der Waals surface area contributed by atoms with Crippen LogP contribution < -0.4 is 10.7 Å². The van der Waals surface area contributed by atoms with Crippen LogP contribution in [0.1, 0.15) is 37.8 Å². The van der Waals surface area contributed by atoms with Crippen LogP contribution in [0, 0.1) is 6.92 Å². The lowest BCUT2D eigenvalue weighted by molar-refractivity contribution is 0.462. The first-order chi connectivity index (χ1) is 11.7. The van der Waals surface area contributed by atoms with E-state index in [1.807, 2.05) is 19.1 Å². The molecule has 1 fully saturated rings. The molecule has 0 bridgehead atoms. The van der Waals surface area contributed by atoms with Gasteiger partial charge >= 0.3 is 0 Å². The lowest BCUT2D eigenvalue weighted by atomic mass is 9.96. The van der Waals surface area contributed by atoms with Crippen LogP contribution in [0.5, 0.6) is 0 Å². The van der Waals surface area contributed by atoms with E-state index in [1.165, 1.54) is 43.4 Å². The van der Waals surface area contributed by atoms with Crippen molar-refractivity contribution in [2.75, 3.05) is 5.32 Å². The van der Waals surface area contributed by atoms with Gasteiger partial charge in [-0.2, -0.15) is 0 Å². The van der Waals surface area contributed by atoms with Gasteiger partial charge in [0.2, 0.25) is 10.6 Å². The van der Waals surface area contributed by atoms with E-state index in [9.17, 15) is 4.79 Å². The van der Waals surface area contributed by atoms with Crippen LogP contribution in [0.25, 0.3) is 21.6 Å². The summed E-state index contributed by atoms with van der Waals surface area (Å²) < 4.78 is 0. The number of H-pyrrole nitrogens is 1. The molecule has 6 nitrogen and oxygen atoms in total. The molecule has 3 aromatic rings. The van der Waals surface area contributed by atoms with Gasteiger partial charge in [-0.25, -0.2) is 4.98 Å². The average molecular weight is 341 g/mol. The van der Waals surface area contributed by atoms with Crippen molar-refractivity contribution in [2.45, 2.75) is 45.1 Å². The van der Waals surface area contributed by atoms with Crippen molar-refractivity contribution in [3.8, 4) is 10.6 Å². The number of aryl methyl sites for hydroxylation is 1. The first-order valence-corrected chi connectivity index (χ1v) is 9.12. The number of nitrogens with zero attached hydrogens (tertiary/aromatic N) is 3. The Kier molecular flexibility index (Phi) is 4.02. The fourth-order valence-corrected chi connectivity index (χ4v) is 4.01. The molecule has 1 aliphatic carbocycles. The van der Waals surface area contributed by atoms with Crippen molar-refractivity contribution >= 4 is 27.5 Å². The van der Waals surface area contributed by atoms with E-state index in [1.54, 1.807) is 6.20 Å². The largest absolute Gasteiger partial charge is 0.357 e. The van der Waals surface area contributed by atoms with Crippen molar-refractivity contribution in [3.63, 3.8) is 0 Å². The second-order valence-electron chi connectivity index (χ2n) is 6.27. The number of aromatic nitrogens is 4. The number of nitrogens with one attached hydrogen (secondary N) is 2. The van der Waals surface area contributed by atoms with Crippen LogP contribution in [-0.2, 0) is 0 Å². The Morgan fingerprint density at radius 1 is 1.21 bits per heavy atom. The molecule has 1 aliphatic rings. The van der Waals surface area contributed by atoms with Gasteiger partial charge in [-0.05, 0) is 31.9 Å². The van der Waals surface area contributed by atoms with E-state index < -0.39 is 0 Å². The minimum Gasteiger partial charge on any atom is -0.357 e. The molecule has 124 valence electrons. The topological polar surface area (TPSA) is 83.6 Å². The highest BCUT2D eigenvalue weighted by atomic mass is 32.1. The van der Waals surface area contributed by atoms with Crippen LogP contribution in [0.15, 0.2) is 23.1 Å². The summed E-state index contributed by atoms with van der Waals surface area (Å²) in [6.07, 6.45) is 7.88. The SMILES string of the molecule is Cc1ccc2c(=O)c(-c3nnc(NC4CCCCC4)s3)c[nH]c2n1. The van der Waals surface area contributed by atoms with Crippen molar-refractivity contribution in [1.29, 1.82) is 0 Å². The van der Waals surface area contributed by atoms with Crippen LogP contribution in [0.4, 0.5) is 5.13 Å². The zero-order chi connectivity index (χ0) is 16.5. The monoisotopic (exact) mass is 341 g/mol. The summed E-state index contributed by atoms with van der Waals surface area (Å²) in [7, 11) is 0. The molecule has 7 heteroatoms. The highest BCUT2D eigenvalue weighted by molar-refractivity contribution is 7.18. The third kappa shape index (κ3) is 2.91. The lowest BCUT2D eigenvalue weighted by Crippen LogP contribution is -2.21. The van der Waals surface area contributed by atoms with Gasteiger partial charge < -0.3 is 10.3 Å². The molecule has 1 saturated carbocycles. The summed E-state index contributed by atoms with van der Waals surface area (Å²) in [4.78, 5) is 20.1. The summed E-state index contributed by atoms with van der Waals surface area (Å²) in [6.45, 7) is 1.90. The number of pyridine rings is 2. The van der Waals surface area contributed by atoms with Gasteiger partial charge in [0.25, 0.3) is 0 Å². The van der Waals surface area contributed by atoms with Gasteiger partial charge in [-0.1, -0.05) is 30.6 Å². The molecule has 0 spiro atoms. The van der Waals surface area contributed by atoms with Gasteiger partial charge in [-0.15, -0.1) is 10.2 Å². The third-order valence-corrected chi connectivity index (χ3v) is 5.35. The first-order valence-electron chi connectivity index (χ1n) is 8.30. The zero-order valence-electron chi connectivity index (χ0n) is 13.5. The maximum absolute atomic E-state index is 12.7. The second kappa shape index (κ2) is 6.32. The normalized spacial score (nSPS) is 15.7. The van der Waals surface area contributed by atoms with E-state index in [-0.39, 0.29) is 5.43 Å². The van der Waals surface area contributed by atoms with Crippen molar-refractivity contribution in [3.05, 3.63) is 34.2 Å². The van der Waals surface area contributed by atoms with Crippen molar-refractivity contribution in [2.24, 2.45) is 0 Å². The fourth-order valence-electron chi connectivity index (χ4n) is 3.17. The smallest absolute Gasteiger partial charge is 0.206 e. The number of anilines is 1. The molecular weight excluding hydrogens is 322 g/mol. The van der Waals surface area contributed by atoms with Gasteiger partial charge in [0.05, 0.1) is 10.9 Å². The zero-order valence-corrected chi connectivity index (χ0v) is 14.3. The van der Waals surface area contributed by atoms with E-state index in [0.717, 1.165) is 10.8 Å². The number of hydrogen-bond acceptors (Lipinski definition) is 6. The van der Waals surface area contributed by atoms with Crippen molar-refractivity contribution in [1.82, 2.24) is 20.2 Å². The predicted molar refractivity (Wildman–Crippen MR) is 96.5 cm³/mol. The van der Waals surface area contributed by atoms with Gasteiger partial charge in [-0.3, -0.25) is 4.79 Å². The Bertz CT molecular complexity index is 926. The van der Waals surface area contributed by atoms with Crippen LogP contribution >= 0.6 is 11.3 Å². The average Bonchev–Trinajstić information content (AvgIpc) is 3.04. The molecule has 4 rings (SSSR count). The molecule has 0 saturated heterocycles. The Morgan fingerprint density at radius 2 is 2.04 bits per heavy atom. The minimum absolute atomic E-state index is 0.0587. The van der Waals surface area contributed by atoms with Gasteiger partial charge in [0, 0.05) is 17.9 Å². The summed E-state index contributed by atoms with van der Waals surface area (Å²) >= 11 is 1.43. The molecule has 0 aliphatic heterocycles. The number of aromatic amines is 1. The molecular formula is C17H19N5OS. The Morgan fingerprint density at radius 3 is 2.88 bits per heavy atom. The quantitative estimate of drug-likeness (QED) is 0.762. The Balaban J connectivity index is 1.64. The van der Waals surface area contributed by atoms with Crippen molar-refractivity contribution < 1.29 is 0 Å². The summed E-state index contributed by atoms with van der Waals surface area (Å²) in [5.41, 5.74) is 1.97. The van der Waals surface area contributed by atoms with Gasteiger partial charge in [0.1, 0.15) is 5.65 Å². The number of hydrogen-bond donors (Lipinski definition) is 2. The summed E-state index contributed by atoms with van der Waals surface area (Å²) in [6, 6.07) is 4.13. The molecule has 3 heterocycles. The second-order valence-corrected chi connectivity index (χ2v) is 7.25. The van der Waals surface area contributed by atoms with Crippen LogP contribution in [0.2, 0.25) is 0 Å². The van der Waals surface area contributed by atoms with Gasteiger partial charge in [0.15, 0.2) is 5.01 Å². The third-order valence-electron chi connectivity index (χ3n) is 4.47. The maximum Gasteiger partial charge on any atom is 0.206 e. The lowest BCUT2D eigenvalue weighted by Gasteiger charge is -2.21. The Labute approximate surface area is 143 Å². The minimum atomic E-state index is -0.0587. The van der Waals surface area contributed by atoms with E-state index in [2.05, 4.69) is 25.5 Å². The molecule has 0 atom stereocenters. The summed E-state index contributed by atoms with van der Waals surface area (Å²) in [5, 5.41) is 13.9. The molecule has 3 aromatic heterocycles. The van der Waals surface area contributed by atoms with Crippen LogP contribution in [0.3, 0.4) is 0 Å².